The number of hydrogen-bond acceptors (Lipinski definition) is 6. The molecule has 306 valence electrons. The topological polar surface area (TPSA) is 238 Å². The number of nitrogens with one attached hydrogen (secondary N) is 4. The Bertz CT molecular complexity index is 1660. The van der Waals surface area contributed by atoms with E-state index < -0.39 is 36.3 Å². The fourth-order valence-corrected chi connectivity index (χ4v) is 4.40. The van der Waals surface area contributed by atoms with Crippen LogP contribution in [-0.2, 0) is 32.3 Å². The third-order valence-corrected chi connectivity index (χ3v) is 6.95. The molecule has 10 N–H and O–H groups in total. The van der Waals surface area contributed by atoms with Crippen LogP contribution in [0.3, 0.4) is 0 Å². The van der Waals surface area contributed by atoms with Crippen molar-refractivity contribution in [2.24, 2.45) is 16.5 Å². The number of amides is 4. The third kappa shape index (κ3) is 19.7. The summed E-state index contributed by atoms with van der Waals surface area (Å²) in [5, 5.41) is 25.8. The predicted octanol–water partition coefficient (Wildman–Crippen LogP) is 4.15. The van der Waals surface area contributed by atoms with Crippen molar-refractivity contribution in [3.8, 4) is 0 Å². The molecule has 0 radical (unpaired) electrons. The molecule has 0 spiro atoms. The number of halogens is 6. The molecule has 0 aliphatic heterocycles. The van der Waals surface area contributed by atoms with Crippen molar-refractivity contribution in [2.75, 3.05) is 6.54 Å². The maximum atomic E-state index is 13.7. The second-order valence-electron chi connectivity index (χ2n) is 11.9. The number of carboxylic acid groups (broad SMARTS) is 2. The summed E-state index contributed by atoms with van der Waals surface area (Å²) in [5.41, 5.74) is 14.4. The molecule has 0 aliphatic carbocycles. The van der Waals surface area contributed by atoms with Gasteiger partial charge >= 0.3 is 30.3 Å². The number of urea groups is 1. The van der Waals surface area contributed by atoms with Crippen molar-refractivity contribution in [1.82, 2.24) is 21.3 Å². The number of guanidine groups is 1. The second kappa shape index (κ2) is 23.4. The van der Waals surface area contributed by atoms with Crippen LogP contribution >= 0.6 is 0 Å². The molecule has 56 heavy (non-hydrogen) atoms. The van der Waals surface area contributed by atoms with Gasteiger partial charge in [-0.3, -0.25) is 14.6 Å². The lowest BCUT2D eigenvalue weighted by Crippen LogP contribution is -2.48. The summed E-state index contributed by atoms with van der Waals surface area (Å²) < 4.78 is 63.5. The molecule has 4 amide bonds. The highest BCUT2D eigenvalue weighted by Gasteiger charge is 2.39. The lowest BCUT2D eigenvalue weighted by Gasteiger charge is -2.23. The molecular weight excluding hydrogens is 756 g/mol. The lowest BCUT2D eigenvalue weighted by atomic mass is 9.90. The summed E-state index contributed by atoms with van der Waals surface area (Å²) in [7, 11) is 0. The van der Waals surface area contributed by atoms with Crippen LogP contribution in [0.15, 0.2) is 89.9 Å². The number of carbonyl (C=O) groups is 5. The highest BCUT2D eigenvalue weighted by atomic mass is 19.4. The minimum Gasteiger partial charge on any atom is -0.475 e. The first-order chi connectivity index (χ1) is 26.1. The van der Waals surface area contributed by atoms with E-state index in [0.717, 1.165) is 22.3 Å². The molecule has 1 atom stereocenters. The maximum absolute atomic E-state index is 13.7. The normalized spacial score (nSPS) is 11.4. The maximum Gasteiger partial charge on any atom is 0.490 e. The van der Waals surface area contributed by atoms with Gasteiger partial charge in [-0.05, 0) is 48.9 Å². The molecule has 3 aromatic rings. The minimum atomic E-state index is -5.08. The summed E-state index contributed by atoms with van der Waals surface area (Å²) in [5.74, 6) is -6.69. The molecule has 0 fully saturated rings. The minimum absolute atomic E-state index is 0.0209. The molecule has 0 saturated heterocycles. The molecule has 0 bridgehead atoms. The zero-order chi connectivity index (χ0) is 42.5. The predicted molar refractivity (Wildman–Crippen MR) is 193 cm³/mol. The van der Waals surface area contributed by atoms with Crippen molar-refractivity contribution in [2.45, 2.75) is 70.1 Å². The first-order valence-corrected chi connectivity index (χ1v) is 16.6. The number of benzene rings is 3. The molecular formula is C36H43F6N7O7. The molecule has 0 aliphatic rings. The van der Waals surface area contributed by atoms with Crippen molar-refractivity contribution in [1.29, 1.82) is 0 Å². The molecule has 3 rings (SSSR count). The number of nitrogens with zero attached hydrogens (tertiary/aromatic N) is 1. The molecule has 0 saturated carbocycles. The Balaban J connectivity index is 0.000000949. The van der Waals surface area contributed by atoms with Crippen LogP contribution in [0.5, 0.6) is 0 Å². The number of alkyl halides is 6. The lowest BCUT2D eigenvalue weighted by molar-refractivity contribution is -0.193. The highest BCUT2D eigenvalue weighted by Crippen LogP contribution is 2.25. The fraction of sp³-hybridized carbons (Fsp3) is 0.333. The van der Waals surface area contributed by atoms with E-state index in [2.05, 4.69) is 26.3 Å². The fourth-order valence-electron chi connectivity index (χ4n) is 4.40. The van der Waals surface area contributed by atoms with Crippen LogP contribution in [0.1, 0.15) is 54.9 Å². The van der Waals surface area contributed by atoms with Crippen LogP contribution in [0.25, 0.3) is 0 Å². The zero-order valence-electron chi connectivity index (χ0n) is 30.2. The van der Waals surface area contributed by atoms with Crippen molar-refractivity contribution in [3.63, 3.8) is 0 Å². The van der Waals surface area contributed by atoms with E-state index in [-0.39, 0.29) is 36.4 Å². The van der Waals surface area contributed by atoms with Crippen molar-refractivity contribution in [3.05, 3.63) is 107 Å². The second-order valence-corrected chi connectivity index (χ2v) is 11.9. The molecule has 0 unspecified atom stereocenters. The van der Waals surface area contributed by atoms with Gasteiger partial charge in [0.25, 0.3) is 0 Å². The number of carboxylic acids is 2. The molecule has 0 heterocycles. The summed E-state index contributed by atoms with van der Waals surface area (Å²) in [6.07, 6.45) is -9.31. The number of aliphatic imine (C=N–C) groups is 1. The van der Waals surface area contributed by atoms with Gasteiger partial charge in [0.05, 0.1) is 5.92 Å². The zero-order valence-corrected chi connectivity index (χ0v) is 30.2. The van der Waals surface area contributed by atoms with E-state index in [1.165, 1.54) is 0 Å². The number of nitrogens with two attached hydrogens (primary N) is 2. The Morgan fingerprint density at radius 1 is 0.661 bits per heavy atom. The molecule has 3 aromatic carbocycles. The number of hydrogen-bond donors (Lipinski definition) is 8. The van der Waals surface area contributed by atoms with Crippen LogP contribution in [0.2, 0.25) is 0 Å². The van der Waals surface area contributed by atoms with E-state index in [0.29, 0.717) is 25.9 Å². The van der Waals surface area contributed by atoms with Crippen LogP contribution in [0, 0.1) is 0 Å². The Morgan fingerprint density at radius 3 is 1.45 bits per heavy atom. The largest absolute Gasteiger partial charge is 0.490 e. The average Bonchev–Trinajstić information content (AvgIpc) is 3.12. The molecule has 20 heteroatoms. The Labute approximate surface area is 317 Å². The van der Waals surface area contributed by atoms with Crippen molar-refractivity contribution >= 4 is 35.7 Å². The number of carbonyl (C=O) groups excluding carboxylic acids is 3. The monoisotopic (exact) mass is 799 g/mol. The van der Waals surface area contributed by atoms with Gasteiger partial charge in [-0.15, -0.1) is 0 Å². The number of aliphatic carboxylic acids is 2. The van der Waals surface area contributed by atoms with E-state index in [4.69, 9.17) is 31.3 Å². The quantitative estimate of drug-likeness (QED) is 0.0505. The molecule has 14 nitrogen and oxygen atoms in total. The highest BCUT2D eigenvalue weighted by molar-refractivity contribution is 5.92. The van der Waals surface area contributed by atoms with Gasteiger partial charge in [0.2, 0.25) is 11.8 Å². The van der Waals surface area contributed by atoms with Gasteiger partial charge in [-0.2, -0.15) is 26.3 Å². The first-order valence-electron chi connectivity index (χ1n) is 16.6. The van der Waals surface area contributed by atoms with Gasteiger partial charge in [-0.1, -0.05) is 84.9 Å². The smallest absolute Gasteiger partial charge is 0.475 e. The third-order valence-electron chi connectivity index (χ3n) is 6.95. The molecule has 0 aromatic heterocycles. The summed E-state index contributed by atoms with van der Waals surface area (Å²) >= 11 is 0. The Hall–Kier alpha value is -6.34. The van der Waals surface area contributed by atoms with E-state index >= 15 is 0 Å². The van der Waals surface area contributed by atoms with Crippen LogP contribution < -0.4 is 32.7 Å². The van der Waals surface area contributed by atoms with E-state index in [9.17, 15) is 40.7 Å². The van der Waals surface area contributed by atoms with Gasteiger partial charge in [-0.25, -0.2) is 14.4 Å². The summed E-state index contributed by atoms with van der Waals surface area (Å²) in [6.45, 7) is 4.80. The van der Waals surface area contributed by atoms with Gasteiger partial charge in [0, 0.05) is 25.7 Å². The summed E-state index contributed by atoms with van der Waals surface area (Å²) in [6, 6.07) is 25.6. The first kappa shape index (κ1) is 47.7. The van der Waals surface area contributed by atoms with Gasteiger partial charge < -0.3 is 42.9 Å². The van der Waals surface area contributed by atoms with Crippen molar-refractivity contribution < 1.29 is 60.5 Å². The number of rotatable bonds is 14. The van der Waals surface area contributed by atoms with Crippen LogP contribution in [0.4, 0.5) is 31.1 Å². The van der Waals surface area contributed by atoms with E-state index in [1.54, 1.807) is 0 Å². The average molecular weight is 800 g/mol. The SMILES string of the molecule is CC(C)NC(=O)NCc1ccc(CNC(=O)[C@@H](CCCN=C(N)N)NC(=O)C(c2ccccc2)c2ccccc2)cc1.O=C(O)C(F)(F)F.O=C(O)C(F)(F)F. The Kier molecular flexibility index (Phi) is 20.0. The van der Waals surface area contributed by atoms with Crippen LogP contribution in [-0.4, -0.2) is 76.9 Å². The Morgan fingerprint density at radius 2 is 1.07 bits per heavy atom. The van der Waals surface area contributed by atoms with Gasteiger partial charge in [0.15, 0.2) is 5.96 Å². The van der Waals surface area contributed by atoms with E-state index in [1.807, 2.05) is 98.8 Å². The standard InChI is InChI=1S/C32H41N7O3.2C2HF3O2/c1-22(2)38-32(42)37-21-24-17-15-23(16-18-24)20-36-29(40)27(14-9-19-35-31(33)34)39-30(41)28(25-10-5-3-6-11-25)26-12-7-4-8-13-26;2*3-2(4,5)1(6)7/h3-8,10-13,15-18,22,27-28H,9,14,19-21H2,1-2H3,(H,36,40)(H,39,41)(H4,33,34,35)(H2,37,38,42);2*(H,6,7)/t27-;;/m1../s1. The summed E-state index contributed by atoms with van der Waals surface area (Å²) in [4.78, 5) is 60.6. The van der Waals surface area contributed by atoms with Gasteiger partial charge in [0.1, 0.15) is 6.04 Å².